The largest absolute Gasteiger partial charge is 0.378 e. The maximum Gasteiger partial charge on any atom is 0.259 e. The van der Waals surface area contributed by atoms with E-state index in [0.717, 1.165) is 47.5 Å². The van der Waals surface area contributed by atoms with E-state index in [1.165, 1.54) is 11.3 Å². The van der Waals surface area contributed by atoms with E-state index in [1.807, 2.05) is 49.4 Å². The Hall–Kier alpha value is -4.02. The minimum absolute atomic E-state index is 0.134. The van der Waals surface area contributed by atoms with Crippen LogP contribution in [0.4, 0.5) is 10.9 Å². The number of aliphatic hydroxyl groups excluding tert-OH is 1. The van der Waals surface area contributed by atoms with E-state index in [9.17, 15) is 14.7 Å². The predicted octanol–water partition coefficient (Wildman–Crippen LogP) is 4.06. The van der Waals surface area contributed by atoms with Crippen molar-refractivity contribution >= 4 is 34.1 Å². The number of amides is 2. The Morgan fingerprint density at radius 3 is 2.46 bits per heavy atom. The summed E-state index contributed by atoms with van der Waals surface area (Å²) in [5.74, 6) is -0.238. The van der Waals surface area contributed by atoms with Crippen LogP contribution in [-0.2, 0) is 28.9 Å². The normalized spacial score (nSPS) is 11.6. The second-order valence-electron chi connectivity index (χ2n) is 8.63. The SMILES string of the molecule is Cc1cccc(C(O)C(=O)Nc2nnc(CCCCc3ccc(NC(=O)Cc4ccccc4)nn3)s2)c1. The number of nitrogens with zero attached hydrogens (tertiary/aromatic N) is 4. The second-order valence-corrected chi connectivity index (χ2v) is 9.70. The number of aliphatic hydroxyl groups is 1. The summed E-state index contributed by atoms with van der Waals surface area (Å²) >= 11 is 1.30. The van der Waals surface area contributed by atoms with Crippen molar-refractivity contribution in [3.05, 3.63) is 94.1 Å². The molecule has 0 aliphatic heterocycles. The van der Waals surface area contributed by atoms with E-state index < -0.39 is 12.0 Å². The topological polar surface area (TPSA) is 130 Å². The molecule has 190 valence electrons. The van der Waals surface area contributed by atoms with Gasteiger partial charge in [-0.05, 0) is 49.4 Å². The summed E-state index contributed by atoms with van der Waals surface area (Å²) in [6.07, 6.45) is 2.23. The van der Waals surface area contributed by atoms with Gasteiger partial charge in [0.05, 0.1) is 12.1 Å². The van der Waals surface area contributed by atoms with Crippen LogP contribution in [0.25, 0.3) is 0 Å². The fourth-order valence-electron chi connectivity index (χ4n) is 3.68. The number of hydrogen-bond acceptors (Lipinski definition) is 8. The molecule has 0 saturated carbocycles. The lowest BCUT2D eigenvalue weighted by molar-refractivity contribution is -0.124. The Morgan fingerprint density at radius 1 is 0.892 bits per heavy atom. The molecule has 10 heteroatoms. The predicted molar refractivity (Wildman–Crippen MR) is 142 cm³/mol. The van der Waals surface area contributed by atoms with Gasteiger partial charge in [-0.25, -0.2) is 0 Å². The molecule has 0 bridgehead atoms. The summed E-state index contributed by atoms with van der Waals surface area (Å²) in [5, 5.41) is 33.3. The highest BCUT2D eigenvalue weighted by Gasteiger charge is 2.19. The first kappa shape index (κ1) is 26.1. The van der Waals surface area contributed by atoms with Gasteiger partial charge in [-0.2, -0.15) is 5.10 Å². The molecule has 4 aromatic rings. The summed E-state index contributed by atoms with van der Waals surface area (Å²) < 4.78 is 0. The van der Waals surface area contributed by atoms with Crippen LogP contribution in [0.2, 0.25) is 0 Å². The van der Waals surface area contributed by atoms with Gasteiger partial charge in [0.15, 0.2) is 11.9 Å². The number of carbonyl (C=O) groups excluding carboxylic acids is 2. The highest BCUT2D eigenvalue weighted by molar-refractivity contribution is 7.15. The van der Waals surface area contributed by atoms with Crippen molar-refractivity contribution in [2.24, 2.45) is 0 Å². The summed E-state index contributed by atoms with van der Waals surface area (Å²) in [4.78, 5) is 24.5. The smallest absolute Gasteiger partial charge is 0.259 e. The molecule has 0 aliphatic rings. The van der Waals surface area contributed by atoms with Gasteiger partial charge in [-0.3, -0.25) is 14.9 Å². The van der Waals surface area contributed by atoms with Crippen molar-refractivity contribution in [2.45, 2.75) is 45.1 Å². The quantitative estimate of drug-likeness (QED) is 0.256. The zero-order chi connectivity index (χ0) is 26.0. The summed E-state index contributed by atoms with van der Waals surface area (Å²) in [7, 11) is 0. The van der Waals surface area contributed by atoms with Crippen LogP contribution in [0.15, 0.2) is 66.7 Å². The molecule has 0 radical (unpaired) electrons. The molecule has 2 heterocycles. The van der Waals surface area contributed by atoms with E-state index in [1.54, 1.807) is 24.3 Å². The molecule has 1 unspecified atom stereocenters. The lowest BCUT2D eigenvalue weighted by atomic mass is 10.1. The van der Waals surface area contributed by atoms with Gasteiger partial charge in [-0.1, -0.05) is 71.5 Å². The average Bonchev–Trinajstić information content (AvgIpc) is 3.34. The number of aryl methyl sites for hydroxylation is 3. The number of rotatable bonds is 11. The van der Waals surface area contributed by atoms with Gasteiger partial charge in [0.1, 0.15) is 5.01 Å². The number of aromatic nitrogens is 4. The maximum atomic E-state index is 12.4. The van der Waals surface area contributed by atoms with Crippen LogP contribution in [-0.4, -0.2) is 37.3 Å². The van der Waals surface area contributed by atoms with Crippen molar-refractivity contribution in [3.63, 3.8) is 0 Å². The van der Waals surface area contributed by atoms with Crippen LogP contribution < -0.4 is 10.6 Å². The number of nitrogens with one attached hydrogen (secondary N) is 2. The summed E-state index contributed by atoms with van der Waals surface area (Å²) in [6, 6.07) is 20.3. The Morgan fingerprint density at radius 2 is 1.70 bits per heavy atom. The zero-order valence-electron chi connectivity index (χ0n) is 20.4. The number of anilines is 2. The minimum atomic E-state index is -1.27. The molecular formula is C27H28N6O3S. The Kier molecular flexibility index (Phi) is 9.01. The molecule has 0 fully saturated rings. The molecule has 9 nitrogen and oxygen atoms in total. The number of carbonyl (C=O) groups is 2. The lowest BCUT2D eigenvalue weighted by Crippen LogP contribution is -2.20. The third kappa shape index (κ3) is 7.99. The van der Waals surface area contributed by atoms with Gasteiger partial charge in [0, 0.05) is 6.42 Å². The molecule has 37 heavy (non-hydrogen) atoms. The van der Waals surface area contributed by atoms with E-state index in [0.29, 0.717) is 16.5 Å². The maximum absolute atomic E-state index is 12.4. The van der Waals surface area contributed by atoms with Crippen LogP contribution in [0.3, 0.4) is 0 Å². The summed E-state index contributed by atoms with van der Waals surface area (Å²) in [6.45, 7) is 1.90. The van der Waals surface area contributed by atoms with Crippen molar-refractivity contribution in [1.82, 2.24) is 20.4 Å². The third-order valence-electron chi connectivity index (χ3n) is 5.57. The van der Waals surface area contributed by atoms with Gasteiger partial charge in [0.25, 0.3) is 5.91 Å². The van der Waals surface area contributed by atoms with Crippen molar-refractivity contribution in [1.29, 1.82) is 0 Å². The standard InChI is InChI=1S/C27H28N6O3S/c1-18-8-7-11-20(16-18)25(35)26(36)29-27-33-32-24(37-27)13-6-5-12-21-14-15-22(31-30-21)28-23(34)17-19-9-3-2-4-10-19/h2-4,7-11,14-16,25,35H,5-6,12-13,17H2,1H3,(H,28,31,34)(H,29,33,36). The molecule has 0 spiro atoms. The van der Waals surface area contributed by atoms with Gasteiger partial charge >= 0.3 is 0 Å². The lowest BCUT2D eigenvalue weighted by Gasteiger charge is -2.10. The van der Waals surface area contributed by atoms with Gasteiger partial charge < -0.3 is 10.4 Å². The van der Waals surface area contributed by atoms with E-state index >= 15 is 0 Å². The van der Waals surface area contributed by atoms with Crippen LogP contribution >= 0.6 is 11.3 Å². The fraction of sp³-hybridized carbons (Fsp3) is 0.259. The Balaban J connectivity index is 1.17. The highest BCUT2D eigenvalue weighted by atomic mass is 32.1. The molecular weight excluding hydrogens is 488 g/mol. The van der Waals surface area contributed by atoms with Gasteiger partial charge in [0.2, 0.25) is 11.0 Å². The van der Waals surface area contributed by atoms with Crippen LogP contribution in [0.1, 0.15) is 46.3 Å². The molecule has 0 saturated heterocycles. The number of benzene rings is 2. The zero-order valence-corrected chi connectivity index (χ0v) is 21.2. The molecule has 3 N–H and O–H groups in total. The first-order valence-corrected chi connectivity index (χ1v) is 12.8. The van der Waals surface area contributed by atoms with E-state index in [-0.39, 0.29) is 12.3 Å². The first-order chi connectivity index (χ1) is 18.0. The van der Waals surface area contributed by atoms with Crippen LogP contribution in [0, 0.1) is 6.92 Å². The molecule has 2 aromatic carbocycles. The van der Waals surface area contributed by atoms with E-state index in [4.69, 9.17) is 0 Å². The summed E-state index contributed by atoms with van der Waals surface area (Å²) in [5.41, 5.74) is 3.29. The molecule has 1 atom stereocenters. The van der Waals surface area contributed by atoms with Crippen molar-refractivity contribution in [3.8, 4) is 0 Å². The van der Waals surface area contributed by atoms with Crippen molar-refractivity contribution in [2.75, 3.05) is 10.6 Å². The Labute approximate surface area is 219 Å². The molecule has 2 aromatic heterocycles. The monoisotopic (exact) mass is 516 g/mol. The number of hydrogen-bond donors (Lipinski definition) is 3. The second kappa shape index (κ2) is 12.8. The molecule has 2 amide bonds. The van der Waals surface area contributed by atoms with E-state index in [2.05, 4.69) is 31.0 Å². The van der Waals surface area contributed by atoms with Gasteiger partial charge in [-0.15, -0.1) is 15.3 Å². The van der Waals surface area contributed by atoms with Crippen LogP contribution in [0.5, 0.6) is 0 Å². The fourth-order valence-corrected chi connectivity index (χ4v) is 4.47. The highest BCUT2D eigenvalue weighted by Crippen LogP contribution is 2.21. The average molecular weight is 517 g/mol. The molecule has 0 aliphatic carbocycles. The van der Waals surface area contributed by atoms with Crippen molar-refractivity contribution < 1.29 is 14.7 Å². The number of unbranched alkanes of at least 4 members (excludes halogenated alkanes) is 1. The first-order valence-electron chi connectivity index (χ1n) is 12.0. The minimum Gasteiger partial charge on any atom is -0.378 e. The Bertz CT molecular complexity index is 1330. The molecule has 4 rings (SSSR count). The third-order valence-corrected chi connectivity index (χ3v) is 6.47.